The largest absolute Gasteiger partial charge is 0.484 e. The number of thiazole rings is 1. The number of halogens is 2. The van der Waals surface area contributed by atoms with Crippen molar-refractivity contribution in [2.75, 3.05) is 6.61 Å². The molecule has 1 atom stereocenters. The van der Waals surface area contributed by atoms with E-state index in [4.69, 9.17) is 4.74 Å². The van der Waals surface area contributed by atoms with Crippen LogP contribution in [0.25, 0.3) is 10.2 Å². The van der Waals surface area contributed by atoms with Crippen molar-refractivity contribution in [1.29, 1.82) is 0 Å². The van der Waals surface area contributed by atoms with Crippen LogP contribution in [0, 0.1) is 11.6 Å². The predicted molar refractivity (Wildman–Crippen MR) is 107 cm³/mol. The first-order chi connectivity index (χ1) is 13.1. The SMILES string of the molecule is CC(NC(=O)COc1cc(F)c(C(C)(C)C)c(F)c1)c1ccc2scnc2c1. The molecule has 0 aliphatic heterocycles. The molecule has 3 rings (SSSR count). The first-order valence-electron chi connectivity index (χ1n) is 8.90. The number of fused-ring (bicyclic) bond motifs is 1. The monoisotopic (exact) mass is 404 g/mol. The average Bonchev–Trinajstić information content (AvgIpc) is 3.05. The fourth-order valence-corrected chi connectivity index (χ4v) is 3.67. The smallest absolute Gasteiger partial charge is 0.258 e. The van der Waals surface area contributed by atoms with E-state index in [-0.39, 0.29) is 29.9 Å². The van der Waals surface area contributed by atoms with E-state index < -0.39 is 17.0 Å². The maximum Gasteiger partial charge on any atom is 0.258 e. The van der Waals surface area contributed by atoms with E-state index in [9.17, 15) is 13.6 Å². The Hall–Kier alpha value is -2.54. The Balaban J connectivity index is 1.62. The predicted octanol–water partition coefficient (Wildman–Crippen LogP) is 5.13. The van der Waals surface area contributed by atoms with Gasteiger partial charge in [0.25, 0.3) is 5.91 Å². The molecule has 2 aromatic carbocycles. The summed E-state index contributed by atoms with van der Waals surface area (Å²) >= 11 is 1.55. The second kappa shape index (κ2) is 7.83. The number of aromatic nitrogens is 1. The van der Waals surface area contributed by atoms with Gasteiger partial charge in [-0.1, -0.05) is 26.8 Å². The molecular formula is C21H22F2N2O2S. The lowest BCUT2D eigenvalue weighted by Crippen LogP contribution is -2.31. The quantitative estimate of drug-likeness (QED) is 0.642. The number of carbonyl (C=O) groups is 1. The summed E-state index contributed by atoms with van der Waals surface area (Å²) in [6.07, 6.45) is 0. The molecule has 0 bridgehead atoms. The van der Waals surface area contributed by atoms with E-state index in [0.29, 0.717) is 0 Å². The number of nitrogens with zero attached hydrogens (tertiary/aromatic N) is 1. The van der Waals surface area contributed by atoms with Gasteiger partial charge < -0.3 is 10.1 Å². The van der Waals surface area contributed by atoms with Crippen LogP contribution >= 0.6 is 11.3 Å². The lowest BCUT2D eigenvalue weighted by molar-refractivity contribution is -0.123. The summed E-state index contributed by atoms with van der Waals surface area (Å²) in [5.41, 5.74) is 2.89. The number of benzene rings is 2. The first kappa shape index (κ1) is 20.2. The van der Waals surface area contributed by atoms with Gasteiger partial charge in [-0.3, -0.25) is 4.79 Å². The Bertz CT molecular complexity index is 988. The second-order valence-corrected chi connectivity index (χ2v) is 8.56. The molecule has 0 radical (unpaired) electrons. The highest BCUT2D eigenvalue weighted by atomic mass is 32.1. The number of nitrogens with one attached hydrogen (secondary N) is 1. The molecule has 0 aliphatic carbocycles. The van der Waals surface area contributed by atoms with E-state index in [2.05, 4.69) is 10.3 Å². The second-order valence-electron chi connectivity index (χ2n) is 7.67. The van der Waals surface area contributed by atoms with E-state index in [1.165, 1.54) is 0 Å². The van der Waals surface area contributed by atoms with E-state index in [1.54, 1.807) is 37.6 Å². The van der Waals surface area contributed by atoms with Gasteiger partial charge in [0.1, 0.15) is 17.4 Å². The third-order valence-electron chi connectivity index (χ3n) is 4.37. The van der Waals surface area contributed by atoms with Gasteiger partial charge in [-0.25, -0.2) is 13.8 Å². The summed E-state index contributed by atoms with van der Waals surface area (Å²) in [6.45, 7) is 6.70. The topological polar surface area (TPSA) is 51.2 Å². The molecule has 1 unspecified atom stereocenters. The van der Waals surface area contributed by atoms with Gasteiger partial charge in [0.15, 0.2) is 6.61 Å². The highest BCUT2D eigenvalue weighted by molar-refractivity contribution is 7.16. The standard InChI is InChI=1S/C21H22F2N2O2S/c1-12(13-5-6-18-17(7-13)24-11-28-18)25-19(26)10-27-14-8-15(22)20(16(23)9-14)21(2,3)4/h5-9,11-12H,10H2,1-4H3,(H,25,26). The molecular weight excluding hydrogens is 382 g/mol. The number of amides is 1. The van der Waals surface area contributed by atoms with Gasteiger partial charge in [0, 0.05) is 17.7 Å². The molecule has 28 heavy (non-hydrogen) atoms. The molecule has 7 heteroatoms. The van der Waals surface area contributed by atoms with Crippen LogP contribution in [-0.2, 0) is 10.2 Å². The van der Waals surface area contributed by atoms with Crippen LogP contribution in [-0.4, -0.2) is 17.5 Å². The molecule has 0 aliphatic rings. The zero-order chi connectivity index (χ0) is 20.5. The molecule has 1 amide bonds. The summed E-state index contributed by atoms with van der Waals surface area (Å²) in [5.74, 6) is -1.78. The molecule has 1 heterocycles. The Labute approximate surface area is 166 Å². The highest BCUT2D eigenvalue weighted by Crippen LogP contribution is 2.31. The van der Waals surface area contributed by atoms with Crippen LogP contribution in [0.15, 0.2) is 35.8 Å². The average molecular weight is 404 g/mol. The van der Waals surface area contributed by atoms with Crippen LogP contribution in [0.1, 0.15) is 44.9 Å². The number of ether oxygens (including phenoxy) is 1. The Morgan fingerprint density at radius 2 is 1.89 bits per heavy atom. The van der Waals surface area contributed by atoms with Gasteiger partial charge in [-0.05, 0) is 30.0 Å². The molecule has 0 saturated carbocycles. The molecule has 148 valence electrons. The summed E-state index contributed by atoms with van der Waals surface area (Å²) in [7, 11) is 0. The first-order valence-corrected chi connectivity index (χ1v) is 9.78. The lowest BCUT2D eigenvalue weighted by Gasteiger charge is -2.21. The van der Waals surface area contributed by atoms with Gasteiger partial charge >= 0.3 is 0 Å². The van der Waals surface area contributed by atoms with Gasteiger partial charge in [0.05, 0.1) is 21.8 Å². The Morgan fingerprint density at radius 3 is 2.54 bits per heavy atom. The lowest BCUT2D eigenvalue weighted by atomic mass is 9.86. The van der Waals surface area contributed by atoms with Crippen molar-refractivity contribution in [2.24, 2.45) is 0 Å². The maximum absolute atomic E-state index is 14.2. The number of hydrogen-bond donors (Lipinski definition) is 1. The van der Waals surface area contributed by atoms with Crippen molar-refractivity contribution >= 4 is 27.5 Å². The number of carbonyl (C=O) groups excluding carboxylic acids is 1. The van der Waals surface area contributed by atoms with Crippen LogP contribution in [0.5, 0.6) is 5.75 Å². The molecule has 3 aromatic rings. The third kappa shape index (κ3) is 4.47. The van der Waals surface area contributed by atoms with Gasteiger partial charge in [-0.15, -0.1) is 11.3 Å². The van der Waals surface area contributed by atoms with E-state index in [1.807, 2.05) is 25.1 Å². The molecule has 0 spiro atoms. The minimum atomic E-state index is -0.687. The zero-order valence-corrected chi connectivity index (χ0v) is 17.0. The molecule has 0 fully saturated rings. The zero-order valence-electron chi connectivity index (χ0n) is 16.2. The van der Waals surface area contributed by atoms with Gasteiger partial charge in [0.2, 0.25) is 0 Å². The van der Waals surface area contributed by atoms with Crippen molar-refractivity contribution in [3.63, 3.8) is 0 Å². The summed E-state index contributed by atoms with van der Waals surface area (Å²) < 4.78 is 34.8. The molecule has 1 aromatic heterocycles. The minimum Gasteiger partial charge on any atom is -0.484 e. The van der Waals surface area contributed by atoms with E-state index in [0.717, 1.165) is 27.9 Å². The fourth-order valence-electron chi connectivity index (χ4n) is 3.01. The Kier molecular flexibility index (Phi) is 5.65. The third-order valence-corrected chi connectivity index (χ3v) is 5.18. The van der Waals surface area contributed by atoms with Gasteiger partial charge in [-0.2, -0.15) is 0 Å². The Morgan fingerprint density at radius 1 is 1.21 bits per heavy atom. The normalized spacial score (nSPS) is 12.8. The van der Waals surface area contributed by atoms with Crippen molar-refractivity contribution < 1.29 is 18.3 Å². The minimum absolute atomic E-state index is 0.00430. The van der Waals surface area contributed by atoms with Crippen molar-refractivity contribution in [1.82, 2.24) is 10.3 Å². The number of hydrogen-bond acceptors (Lipinski definition) is 4. The fraction of sp³-hybridized carbons (Fsp3) is 0.333. The van der Waals surface area contributed by atoms with Crippen LogP contribution in [0.2, 0.25) is 0 Å². The van der Waals surface area contributed by atoms with Crippen LogP contribution < -0.4 is 10.1 Å². The maximum atomic E-state index is 14.2. The number of rotatable bonds is 5. The molecule has 1 N–H and O–H groups in total. The van der Waals surface area contributed by atoms with Crippen LogP contribution in [0.3, 0.4) is 0 Å². The molecule has 0 saturated heterocycles. The summed E-state index contributed by atoms with van der Waals surface area (Å²) in [4.78, 5) is 16.4. The molecule has 4 nitrogen and oxygen atoms in total. The van der Waals surface area contributed by atoms with Crippen molar-refractivity contribution in [3.8, 4) is 5.75 Å². The van der Waals surface area contributed by atoms with E-state index >= 15 is 0 Å². The summed E-state index contributed by atoms with van der Waals surface area (Å²) in [6, 6.07) is 7.78. The van der Waals surface area contributed by atoms with Crippen molar-refractivity contribution in [2.45, 2.75) is 39.2 Å². The summed E-state index contributed by atoms with van der Waals surface area (Å²) in [5, 5.41) is 2.81. The van der Waals surface area contributed by atoms with Crippen LogP contribution in [0.4, 0.5) is 8.78 Å². The highest BCUT2D eigenvalue weighted by Gasteiger charge is 2.24. The van der Waals surface area contributed by atoms with Crippen molar-refractivity contribution in [3.05, 3.63) is 58.6 Å².